The summed E-state index contributed by atoms with van der Waals surface area (Å²) in [4.78, 5) is 3.82. The minimum Gasteiger partial charge on any atom is -0.390 e. The molecule has 1 aliphatic rings. The number of aromatic amines is 1. The molecule has 0 spiro atoms. The van der Waals surface area contributed by atoms with Gasteiger partial charge in [0, 0.05) is 24.7 Å². The van der Waals surface area contributed by atoms with Crippen molar-refractivity contribution in [2.24, 2.45) is 0 Å². The third kappa shape index (κ3) is 5.18. The van der Waals surface area contributed by atoms with Crippen LogP contribution in [0.5, 0.6) is 0 Å². The molecule has 2 aromatic carbocycles. The van der Waals surface area contributed by atoms with E-state index in [1.807, 2.05) is 25.1 Å². The van der Waals surface area contributed by atoms with E-state index >= 15 is 0 Å². The number of H-pyrrole nitrogens is 1. The molecule has 1 saturated heterocycles. The molecule has 202 valence electrons. The first-order chi connectivity index (χ1) is 18.5. The highest BCUT2D eigenvalue weighted by molar-refractivity contribution is 7.89. The third-order valence-corrected chi connectivity index (χ3v) is 8.66. The van der Waals surface area contributed by atoms with Gasteiger partial charge in [-0.25, -0.2) is 13.4 Å². The Balaban J connectivity index is 1.29. The van der Waals surface area contributed by atoms with E-state index < -0.39 is 33.9 Å². The van der Waals surface area contributed by atoms with E-state index in [9.17, 15) is 32.0 Å². The van der Waals surface area contributed by atoms with E-state index in [4.69, 9.17) is 0 Å². The van der Waals surface area contributed by atoms with Gasteiger partial charge in [0.2, 0.25) is 10.0 Å². The molecule has 4 aromatic rings. The Morgan fingerprint density at radius 1 is 1.18 bits per heavy atom. The number of hydrogen-bond donors (Lipinski definition) is 3. The monoisotopic (exact) mass is 556 g/mol. The number of nitrogens with zero attached hydrogens (tertiary/aromatic N) is 4. The molecule has 0 bridgehead atoms. The van der Waals surface area contributed by atoms with Gasteiger partial charge in [0.25, 0.3) is 0 Å². The van der Waals surface area contributed by atoms with E-state index in [0.717, 1.165) is 28.3 Å². The fraction of sp³-hybridized carbons (Fsp3) is 0.269. The summed E-state index contributed by atoms with van der Waals surface area (Å²) in [6, 6.07) is 13.6. The van der Waals surface area contributed by atoms with Crippen molar-refractivity contribution in [2.45, 2.75) is 36.6 Å². The zero-order chi connectivity index (χ0) is 27.9. The second-order valence-corrected chi connectivity index (χ2v) is 11.3. The zero-order valence-corrected chi connectivity index (χ0v) is 21.4. The highest BCUT2D eigenvalue weighted by Gasteiger charge is 2.35. The predicted octanol–water partition coefficient (Wildman–Crippen LogP) is 4.06. The molecule has 2 aromatic heterocycles. The van der Waals surface area contributed by atoms with Crippen molar-refractivity contribution in [3.05, 3.63) is 71.5 Å². The maximum absolute atomic E-state index is 13.3. The van der Waals surface area contributed by atoms with Gasteiger partial charge < -0.3 is 10.4 Å². The average Bonchev–Trinajstić information content (AvgIpc) is 3.31. The molecule has 0 aliphatic carbocycles. The molecular weight excluding hydrogens is 533 g/mol. The number of β-amino-alcohol motifs (C(OH)–C–C–N with tert-alkyl or cyclic N) is 1. The highest BCUT2D eigenvalue weighted by atomic mass is 32.2. The van der Waals surface area contributed by atoms with E-state index in [1.54, 1.807) is 12.1 Å². The number of sulfonamides is 1. The number of aliphatic hydroxyl groups is 1. The number of pyridine rings is 1. The molecule has 1 fully saturated rings. The Hall–Kier alpha value is -3.99. The summed E-state index contributed by atoms with van der Waals surface area (Å²) in [6.07, 6.45) is -4.67. The van der Waals surface area contributed by atoms with E-state index in [1.165, 1.54) is 22.5 Å². The largest absolute Gasteiger partial charge is 0.417 e. The molecule has 0 unspecified atom stereocenters. The van der Waals surface area contributed by atoms with Gasteiger partial charge in [0.15, 0.2) is 5.69 Å². The van der Waals surface area contributed by atoms with Crippen molar-refractivity contribution in [1.82, 2.24) is 19.5 Å². The summed E-state index contributed by atoms with van der Waals surface area (Å²) < 4.78 is 66.0. The van der Waals surface area contributed by atoms with Crippen LogP contribution < -0.4 is 5.32 Å². The first-order valence-electron chi connectivity index (χ1n) is 11.9. The molecule has 0 saturated carbocycles. The van der Waals surface area contributed by atoms with Gasteiger partial charge in [-0.3, -0.25) is 5.10 Å². The van der Waals surface area contributed by atoms with Crippen molar-refractivity contribution in [3.8, 4) is 17.2 Å². The number of alkyl halides is 3. The van der Waals surface area contributed by atoms with Crippen LogP contribution in [0.15, 0.2) is 59.6 Å². The second kappa shape index (κ2) is 9.96. The molecule has 5 rings (SSSR count). The van der Waals surface area contributed by atoms with Gasteiger partial charge >= 0.3 is 6.18 Å². The van der Waals surface area contributed by atoms with E-state index in [0.29, 0.717) is 11.6 Å². The lowest BCUT2D eigenvalue weighted by molar-refractivity contribution is -0.137. The van der Waals surface area contributed by atoms with Crippen LogP contribution in [0.25, 0.3) is 22.0 Å². The van der Waals surface area contributed by atoms with Crippen molar-refractivity contribution in [2.75, 3.05) is 18.4 Å². The maximum atomic E-state index is 13.3. The van der Waals surface area contributed by atoms with Crippen LogP contribution in [0.3, 0.4) is 0 Å². The number of nitrogens with one attached hydrogen (secondary N) is 2. The van der Waals surface area contributed by atoms with Crippen molar-refractivity contribution >= 4 is 26.7 Å². The van der Waals surface area contributed by atoms with Gasteiger partial charge in [-0.2, -0.15) is 27.8 Å². The van der Waals surface area contributed by atoms with Crippen molar-refractivity contribution < 1.29 is 26.7 Å². The normalized spacial score (nSPS) is 18.7. The maximum Gasteiger partial charge on any atom is 0.417 e. The fourth-order valence-electron chi connectivity index (χ4n) is 4.65. The number of halogens is 3. The fourth-order valence-corrected chi connectivity index (χ4v) is 6.12. The number of benzene rings is 2. The number of aliphatic hydroxyl groups excluding tert-OH is 1. The third-order valence-electron chi connectivity index (χ3n) is 6.79. The lowest BCUT2D eigenvalue weighted by Gasteiger charge is -2.35. The highest BCUT2D eigenvalue weighted by Crippen LogP contribution is 2.32. The van der Waals surface area contributed by atoms with Crippen LogP contribution >= 0.6 is 0 Å². The van der Waals surface area contributed by atoms with Crippen LogP contribution in [0, 0.1) is 18.3 Å². The Morgan fingerprint density at radius 3 is 2.54 bits per heavy atom. The first kappa shape index (κ1) is 26.6. The molecule has 0 radical (unpaired) electrons. The van der Waals surface area contributed by atoms with Gasteiger partial charge in [-0.15, -0.1) is 0 Å². The summed E-state index contributed by atoms with van der Waals surface area (Å²) in [5.74, 6) is 0.157. The van der Waals surface area contributed by atoms with Crippen LogP contribution in [-0.4, -0.2) is 58.2 Å². The molecule has 39 heavy (non-hydrogen) atoms. The second-order valence-electron chi connectivity index (χ2n) is 9.32. The number of aromatic nitrogens is 3. The van der Waals surface area contributed by atoms with Crippen LogP contribution in [0.4, 0.5) is 19.0 Å². The quantitative estimate of drug-likeness (QED) is 0.337. The van der Waals surface area contributed by atoms with Crippen LogP contribution in [0.2, 0.25) is 0 Å². The standard InChI is InChI=1S/C26H23F3N6O3S/c1-15-10-22-20(23(12-30)34-33-22)11-19(15)16-2-5-18(6-3-16)39(37,38)35-9-8-21(24(36)14-35)32-25-7-4-17(13-31-25)26(27,28)29/h2-7,10-11,13,21,24,36H,8-9,14H2,1H3,(H,31,32)(H,33,34)/t21-,24+/m1/s1. The topological polar surface area (TPSA) is 135 Å². The van der Waals surface area contributed by atoms with Crippen molar-refractivity contribution in [1.29, 1.82) is 5.26 Å². The Labute approximate surface area is 222 Å². The first-order valence-corrected chi connectivity index (χ1v) is 13.4. The van der Waals surface area contributed by atoms with Crippen LogP contribution in [0.1, 0.15) is 23.2 Å². The molecule has 13 heteroatoms. The Bertz CT molecular complexity index is 1660. The number of fused-ring (bicyclic) bond motifs is 1. The summed E-state index contributed by atoms with van der Waals surface area (Å²) in [6.45, 7) is 1.83. The smallest absolute Gasteiger partial charge is 0.390 e. The van der Waals surface area contributed by atoms with E-state index in [-0.39, 0.29) is 35.9 Å². The number of rotatable bonds is 5. The molecule has 0 amide bonds. The summed E-state index contributed by atoms with van der Waals surface area (Å²) in [7, 11) is -3.91. The summed E-state index contributed by atoms with van der Waals surface area (Å²) >= 11 is 0. The molecule has 1 aliphatic heterocycles. The average molecular weight is 557 g/mol. The van der Waals surface area contributed by atoms with E-state index in [2.05, 4.69) is 20.5 Å². The Kier molecular flexibility index (Phi) is 6.79. The van der Waals surface area contributed by atoms with Gasteiger partial charge in [-0.05, 0) is 66.4 Å². The predicted molar refractivity (Wildman–Crippen MR) is 137 cm³/mol. The van der Waals surface area contributed by atoms with Gasteiger partial charge in [0.05, 0.1) is 28.1 Å². The molecule has 2 atom stereocenters. The number of nitriles is 1. The molecular formula is C26H23F3N6O3S. The van der Waals surface area contributed by atoms with Gasteiger partial charge in [0.1, 0.15) is 11.9 Å². The Morgan fingerprint density at radius 2 is 1.92 bits per heavy atom. The molecule has 3 heterocycles. The van der Waals surface area contributed by atoms with Crippen LogP contribution in [-0.2, 0) is 16.2 Å². The lowest BCUT2D eigenvalue weighted by atomic mass is 9.98. The number of hydrogen-bond acceptors (Lipinski definition) is 7. The summed E-state index contributed by atoms with van der Waals surface area (Å²) in [5, 5.41) is 30.3. The van der Waals surface area contributed by atoms with Crippen molar-refractivity contribution in [3.63, 3.8) is 0 Å². The molecule has 3 N–H and O–H groups in total. The summed E-state index contributed by atoms with van der Waals surface area (Å²) in [5.41, 5.74) is 2.65. The lowest BCUT2D eigenvalue weighted by Crippen LogP contribution is -2.51. The SMILES string of the molecule is Cc1cc2[nH]nc(C#N)c2cc1-c1ccc(S(=O)(=O)N2CC[C@@H](Nc3ccc(C(F)(F)F)cn3)[C@@H](O)C2)cc1. The number of aryl methyl sites for hydroxylation is 1. The zero-order valence-electron chi connectivity index (χ0n) is 20.6. The number of piperidine rings is 1. The molecule has 9 nitrogen and oxygen atoms in total. The van der Waals surface area contributed by atoms with Gasteiger partial charge in [-0.1, -0.05) is 12.1 Å². The minimum atomic E-state index is -4.50. The number of anilines is 1. The minimum absolute atomic E-state index is 0.0639.